The smallest absolute Gasteiger partial charge is 0.407 e. The Balaban J connectivity index is 2.93. The molecule has 1 rings (SSSR count). The van der Waals surface area contributed by atoms with Crippen molar-refractivity contribution in [1.82, 2.24) is 5.32 Å². The van der Waals surface area contributed by atoms with Crippen LogP contribution in [0.1, 0.15) is 18.5 Å². The second-order valence-corrected chi connectivity index (χ2v) is 3.31. The van der Waals surface area contributed by atoms with Gasteiger partial charge in [-0.25, -0.2) is 0 Å². The number of rotatable bonds is 4. The van der Waals surface area contributed by atoms with Crippen molar-refractivity contribution in [3.63, 3.8) is 0 Å². The van der Waals surface area contributed by atoms with E-state index in [-0.39, 0.29) is 12.1 Å². The molecular weight excluding hydrogens is 219 g/mol. The van der Waals surface area contributed by atoms with Crippen LogP contribution in [0.5, 0.6) is 5.75 Å². The van der Waals surface area contributed by atoms with Gasteiger partial charge in [0.05, 0.1) is 7.11 Å². The van der Waals surface area contributed by atoms with Gasteiger partial charge in [-0.3, -0.25) is 0 Å². The summed E-state index contributed by atoms with van der Waals surface area (Å²) in [5.41, 5.74) is 0.190. The highest BCUT2D eigenvalue weighted by Crippen LogP contribution is 2.33. The molecule has 1 unspecified atom stereocenters. The van der Waals surface area contributed by atoms with E-state index in [0.717, 1.165) is 0 Å². The first-order valence-corrected chi connectivity index (χ1v) is 4.93. The van der Waals surface area contributed by atoms with Crippen LogP contribution in [0.15, 0.2) is 24.3 Å². The number of methoxy groups -OCH3 is 1. The summed E-state index contributed by atoms with van der Waals surface area (Å²) in [5.74, 6) is 0.543. The van der Waals surface area contributed by atoms with Crippen LogP contribution in [0.25, 0.3) is 0 Å². The molecule has 0 spiro atoms. The van der Waals surface area contributed by atoms with Crippen molar-refractivity contribution in [2.75, 3.05) is 13.7 Å². The number of nitrogens with one attached hydrogen (secondary N) is 1. The van der Waals surface area contributed by atoms with Gasteiger partial charge in [0.2, 0.25) is 0 Å². The molecule has 0 saturated carbocycles. The molecule has 0 radical (unpaired) electrons. The number of halogens is 3. The average Bonchev–Trinajstić information content (AvgIpc) is 2.25. The van der Waals surface area contributed by atoms with E-state index in [1.54, 1.807) is 6.92 Å². The molecule has 0 bridgehead atoms. The van der Waals surface area contributed by atoms with Gasteiger partial charge in [-0.05, 0) is 24.2 Å². The van der Waals surface area contributed by atoms with E-state index in [2.05, 4.69) is 5.32 Å². The Morgan fingerprint density at radius 1 is 1.25 bits per heavy atom. The van der Waals surface area contributed by atoms with Crippen LogP contribution in [-0.2, 0) is 0 Å². The lowest BCUT2D eigenvalue weighted by Gasteiger charge is -2.21. The summed E-state index contributed by atoms with van der Waals surface area (Å²) < 4.78 is 42.9. The summed E-state index contributed by atoms with van der Waals surface area (Å²) in [6.07, 6.45) is -4.29. The molecule has 90 valence electrons. The Kier molecular flexibility index (Phi) is 4.18. The summed E-state index contributed by atoms with van der Waals surface area (Å²) >= 11 is 0. The molecule has 0 heterocycles. The lowest BCUT2D eigenvalue weighted by atomic mass is 10.1. The predicted molar refractivity (Wildman–Crippen MR) is 55.5 cm³/mol. The highest BCUT2D eigenvalue weighted by Gasteiger charge is 2.39. The molecule has 0 aliphatic heterocycles. The summed E-state index contributed by atoms with van der Waals surface area (Å²) in [7, 11) is 1.47. The summed E-state index contributed by atoms with van der Waals surface area (Å²) in [6.45, 7) is 1.90. The number of hydrogen-bond acceptors (Lipinski definition) is 2. The van der Waals surface area contributed by atoms with Crippen molar-refractivity contribution in [2.24, 2.45) is 0 Å². The van der Waals surface area contributed by atoms with Gasteiger partial charge in [0.25, 0.3) is 0 Å². The van der Waals surface area contributed by atoms with Gasteiger partial charge < -0.3 is 10.1 Å². The molecule has 0 fully saturated rings. The van der Waals surface area contributed by atoms with Crippen molar-refractivity contribution in [1.29, 1.82) is 0 Å². The number of alkyl halides is 3. The van der Waals surface area contributed by atoms with Crippen LogP contribution in [0.3, 0.4) is 0 Å². The molecule has 0 aromatic heterocycles. The van der Waals surface area contributed by atoms with Gasteiger partial charge in [-0.15, -0.1) is 0 Å². The van der Waals surface area contributed by atoms with E-state index < -0.39 is 12.2 Å². The maximum atomic E-state index is 12.7. The van der Waals surface area contributed by atoms with Crippen LogP contribution >= 0.6 is 0 Å². The molecule has 16 heavy (non-hydrogen) atoms. The highest BCUT2D eigenvalue weighted by atomic mass is 19.4. The van der Waals surface area contributed by atoms with Crippen LogP contribution in [-0.4, -0.2) is 19.8 Å². The van der Waals surface area contributed by atoms with E-state index >= 15 is 0 Å². The fourth-order valence-electron chi connectivity index (χ4n) is 1.42. The Bertz CT molecular complexity index is 321. The summed E-state index contributed by atoms with van der Waals surface area (Å²) in [6, 6.07) is 4.25. The zero-order chi connectivity index (χ0) is 12.2. The van der Waals surface area contributed by atoms with Gasteiger partial charge in [0.1, 0.15) is 11.8 Å². The van der Waals surface area contributed by atoms with Crippen LogP contribution in [0.2, 0.25) is 0 Å². The first-order valence-electron chi connectivity index (χ1n) is 4.93. The Morgan fingerprint density at radius 2 is 1.81 bits per heavy atom. The minimum Gasteiger partial charge on any atom is -0.497 e. The van der Waals surface area contributed by atoms with Crippen molar-refractivity contribution in [2.45, 2.75) is 19.1 Å². The van der Waals surface area contributed by atoms with Gasteiger partial charge >= 0.3 is 6.18 Å². The van der Waals surface area contributed by atoms with E-state index in [9.17, 15) is 13.2 Å². The normalized spacial score (nSPS) is 13.6. The second-order valence-electron chi connectivity index (χ2n) is 3.31. The van der Waals surface area contributed by atoms with Gasteiger partial charge in [0.15, 0.2) is 0 Å². The van der Waals surface area contributed by atoms with Gasteiger partial charge in [-0.1, -0.05) is 19.1 Å². The minimum atomic E-state index is -4.29. The SMILES string of the molecule is CCNC(c1ccc(OC)cc1)C(F)(F)F. The monoisotopic (exact) mass is 233 g/mol. The average molecular weight is 233 g/mol. The molecule has 1 aromatic carbocycles. The molecule has 0 saturated heterocycles. The highest BCUT2D eigenvalue weighted by molar-refractivity contribution is 5.29. The molecule has 0 aliphatic rings. The Hall–Kier alpha value is -1.23. The maximum absolute atomic E-state index is 12.7. The zero-order valence-electron chi connectivity index (χ0n) is 9.14. The standard InChI is InChI=1S/C11H14F3NO/c1-3-15-10(11(12,13)14)8-4-6-9(16-2)7-5-8/h4-7,10,15H,3H2,1-2H3. The molecule has 1 atom stereocenters. The van der Waals surface area contributed by atoms with Crippen molar-refractivity contribution < 1.29 is 17.9 Å². The maximum Gasteiger partial charge on any atom is 0.407 e. The third-order valence-electron chi connectivity index (χ3n) is 2.18. The molecule has 0 amide bonds. The molecular formula is C11H14F3NO. The van der Waals surface area contributed by atoms with Gasteiger partial charge in [0, 0.05) is 0 Å². The Morgan fingerprint density at radius 3 is 2.19 bits per heavy atom. The quantitative estimate of drug-likeness (QED) is 0.863. The number of hydrogen-bond donors (Lipinski definition) is 1. The van der Waals surface area contributed by atoms with Crippen molar-refractivity contribution >= 4 is 0 Å². The van der Waals surface area contributed by atoms with Crippen LogP contribution < -0.4 is 10.1 Å². The van der Waals surface area contributed by atoms with Crippen molar-refractivity contribution in [3.05, 3.63) is 29.8 Å². The van der Waals surface area contributed by atoms with Crippen LogP contribution in [0.4, 0.5) is 13.2 Å². The first kappa shape index (κ1) is 12.8. The largest absolute Gasteiger partial charge is 0.497 e. The molecule has 0 aliphatic carbocycles. The topological polar surface area (TPSA) is 21.3 Å². The lowest BCUT2D eigenvalue weighted by molar-refractivity contribution is -0.157. The van der Waals surface area contributed by atoms with E-state index in [4.69, 9.17) is 4.74 Å². The van der Waals surface area contributed by atoms with Gasteiger partial charge in [-0.2, -0.15) is 13.2 Å². The molecule has 2 nitrogen and oxygen atoms in total. The zero-order valence-corrected chi connectivity index (χ0v) is 9.14. The van der Waals surface area contributed by atoms with Crippen LogP contribution in [0, 0.1) is 0 Å². The Labute approximate surface area is 92.4 Å². The summed E-state index contributed by atoms with van der Waals surface area (Å²) in [5, 5.41) is 2.41. The van der Waals surface area contributed by atoms with E-state index in [1.165, 1.54) is 31.4 Å². The summed E-state index contributed by atoms with van der Waals surface area (Å²) in [4.78, 5) is 0. The van der Waals surface area contributed by atoms with E-state index in [1.807, 2.05) is 0 Å². The number of ether oxygens (including phenoxy) is 1. The minimum absolute atomic E-state index is 0.190. The predicted octanol–water partition coefficient (Wildman–Crippen LogP) is 2.91. The third kappa shape index (κ3) is 3.13. The fourth-order valence-corrected chi connectivity index (χ4v) is 1.42. The fraction of sp³-hybridized carbons (Fsp3) is 0.455. The second kappa shape index (κ2) is 5.21. The molecule has 1 aromatic rings. The van der Waals surface area contributed by atoms with Crippen molar-refractivity contribution in [3.8, 4) is 5.75 Å². The molecule has 5 heteroatoms. The third-order valence-corrected chi connectivity index (χ3v) is 2.18. The lowest BCUT2D eigenvalue weighted by Crippen LogP contribution is -2.33. The first-order chi connectivity index (χ1) is 7.49. The number of benzene rings is 1. The van der Waals surface area contributed by atoms with E-state index in [0.29, 0.717) is 5.75 Å². The molecule has 1 N–H and O–H groups in total.